The van der Waals surface area contributed by atoms with Gasteiger partial charge < -0.3 is 15.6 Å². The number of hydrogen-bond donors (Lipinski definition) is 2. The molecule has 2 aromatic carbocycles. The molecule has 0 atom stereocenters. The maximum atomic E-state index is 12.5. The summed E-state index contributed by atoms with van der Waals surface area (Å²) in [6.07, 6.45) is 17.3. The van der Waals surface area contributed by atoms with Crippen molar-refractivity contribution in [2.45, 2.75) is 96.8 Å². The monoisotopic (exact) mass is 467 g/mol. The number of esters is 1. The summed E-state index contributed by atoms with van der Waals surface area (Å²) in [5.74, 6) is -1.38. The summed E-state index contributed by atoms with van der Waals surface area (Å²) in [6, 6.07) is 11.3. The van der Waals surface area contributed by atoms with Crippen LogP contribution in [0, 0.1) is 0 Å². The largest absolute Gasteiger partial charge is 0.507 e. The van der Waals surface area contributed by atoms with E-state index in [0.717, 1.165) is 18.4 Å². The lowest BCUT2D eigenvalue weighted by molar-refractivity contribution is 0.0729. The van der Waals surface area contributed by atoms with Gasteiger partial charge in [-0.1, -0.05) is 108 Å². The lowest BCUT2D eigenvalue weighted by Gasteiger charge is -2.13. The number of para-hydroxylation sites is 1. The van der Waals surface area contributed by atoms with Crippen LogP contribution in [0.1, 0.15) is 117 Å². The Bertz CT molecular complexity index is 893. The first-order chi connectivity index (χ1) is 16.5. The molecule has 5 nitrogen and oxygen atoms in total. The third kappa shape index (κ3) is 9.58. The molecule has 34 heavy (non-hydrogen) atoms. The van der Waals surface area contributed by atoms with Crippen LogP contribution < -0.4 is 10.5 Å². The van der Waals surface area contributed by atoms with Gasteiger partial charge in [-0.05, 0) is 36.6 Å². The maximum absolute atomic E-state index is 12.5. The van der Waals surface area contributed by atoms with Gasteiger partial charge in [0.15, 0.2) is 0 Å². The summed E-state index contributed by atoms with van der Waals surface area (Å²) < 4.78 is 5.43. The first-order valence-corrected chi connectivity index (χ1v) is 13.0. The van der Waals surface area contributed by atoms with Gasteiger partial charge in [-0.3, -0.25) is 4.79 Å². The Morgan fingerprint density at radius 2 is 1.32 bits per heavy atom. The van der Waals surface area contributed by atoms with Gasteiger partial charge in [0.2, 0.25) is 0 Å². The van der Waals surface area contributed by atoms with Crippen LogP contribution in [-0.4, -0.2) is 17.0 Å². The van der Waals surface area contributed by atoms with Crippen LogP contribution in [0.15, 0.2) is 42.5 Å². The van der Waals surface area contributed by atoms with Gasteiger partial charge in [0.05, 0.1) is 5.56 Å². The number of carbonyl (C=O) groups is 2. The zero-order valence-corrected chi connectivity index (χ0v) is 20.7. The number of ether oxygens (including phenoxy) is 1. The van der Waals surface area contributed by atoms with E-state index >= 15 is 0 Å². The van der Waals surface area contributed by atoms with Crippen LogP contribution in [-0.2, 0) is 6.42 Å². The van der Waals surface area contributed by atoms with Crippen LogP contribution >= 0.6 is 0 Å². The molecular formula is C29H41NO4. The fourth-order valence-electron chi connectivity index (χ4n) is 4.28. The first kappa shape index (κ1) is 27.4. The number of primary amides is 1. The molecule has 0 unspecified atom stereocenters. The smallest absolute Gasteiger partial charge is 0.347 e. The average molecular weight is 468 g/mol. The third-order valence-electron chi connectivity index (χ3n) is 6.24. The topological polar surface area (TPSA) is 89.6 Å². The van der Waals surface area contributed by atoms with E-state index in [4.69, 9.17) is 10.5 Å². The van der Waals surface area contributed by atoms with E-state index in [1.807, 2.05) is 6.07 Å². The van der Waals surface area contributed by atoms with Gasteiger partial charge >= 0.3 is 5.97 Å². The number of rotatable bonds is 17. The molecule has 1 amide bonds. The predicted octanol–water partition coefficient (Wildman–Crippen LogP) is 7.34. The lowest BCUT2D eigenvalue weighted by atomic mass is 9.99. The van der Waals surface area contributed by atoms with Crippen molar-refractivity contribution in [3.63, 3.8) is 0 Å². The van der Waals surface area contributed by atoms with Crippen LogP contribution in [0.3, 0.4) is 0 Å². The fraction of sp³-hybridized carbons (Fsp3) is 0.517. The summed E-state index contributed by atoms with van der Waals surface area (Å²) in [7, 11) is 0. The standard InChI is InChI=1S/C29H41NO4/c1-2-3-4-5-6-7-8-9-10-11-12-13-14-18-23-19-17-22-26(27(23)28(30)32)34-29(33)24-20-15-16-21-25(24)31/h15-17,19-22,31H,2-14,18H2,1H3,(H2,30,32). The summed E-state index contributed by atoms with van der Waals surface area (Å²) >= 11 is 0. The molecule has 0 heterocycles. The molecule has 2 aromatic rings. The fourth-order valence-corrected chi connectivity index (χ4v) is 4.28. The van der Waals surface area contributed by atoms with Crippen LogP contribution in [0.5, 0.6) is 11.5 Å². The van der Waals surface area contributed by atoms with Crippen molar-refractivity contribution in [1.29, 1.82) is 0 Å². The Morgan fingerprint density at radius 3 is 1.88 bits per heavy atom. The SMILES string of the molecule is CCCCCCCCCCCCCCCc1cccc(OC(=O)c2ccccc2O)c1C(N)=O. The lowest BCUT2D eigenvalue weighted by Crippen LogP contribution is -2.18. The van der Waals surface area contributed by atoms with Crippen molar-refractivity contribution in [1.82, 2.24) is 0 Å². The van der Waals surface area contributed by atoms with E-state index in [0.29, 0.717) is 6.42 Å². The first-order valence-electron chi connectivity index (χ1n) is 13.0. The molecule has 0 aliphatic heterocycles. The predicted molar refractivity (Wildman–Crippen MR) is 137 cm³/mol. The molecule has 0 aromatic heterocycles. The number of phenolic OH excluding ortho intramolecular Hbond substituents is 1. The molecule has 0 saturated heterocycles. The highest BCUT2D eigenvalue weighted by Gasteiger charge is 2.19. The van der Waals surface area contributed by atoms with Gasteiger partial charge in [-0.15, -0.1) is 0 Å². The van der Waals surface area contributed by atoms with Crippen molar-refractivity contribution in [3.05, 3.63) is 59.2 Å². The zero-order chi connectivity index (χ0) is 24.6. The van der Waals surface area contributed by atoms with Gasteiger partial charge in [-0.25, -0.2) is 4.79 Å². The molecule has 0 aliphatic rings. The summed E-state index contributed by atoms with van der Waals surface area (Å²) in [4.78, 5) is 24.6. The average Bonchev–Trinajstić information content (AvgIpc) is 2.82. The van der Waals surface area contributed by atoms with E-state index in [9.17, 15) is 14.7 Å². The van der Waals surface area contributed by atoms with E-state index in [-0.39, 0.29) is 22.6 Å². The molecule has 2 rings (SSSR count). The van der Waals surface area contributed by atoms with Crippen molar-refractivity contribution < 1.29 is 19.4 Å². The highest BCUT2D eigenvalue weighted by Crippen LogP contribution is 2.26. The molecule has 0 aliphatic carbocycles. The van der Waals surface area contributed by atoms with Crippen LogP contribution in [0.2, 0.25) is 0 Å². The molecule has 0 bridgehead atoms. The number of nitrogens with two attached hydrogens (primary N) is 1. The van der Waals surface area contributed by atoms with Crippen molar-refractivity contribution in [2.75, 3.05) is 0 Å². The Kier molecular flexibility index (Phi) is 12.8. The number of benzene rings is 2. The number of unbranched alkanes of at least 4 members (excludes halogenated alkanes) is 12. The minimum absolute atomic E-state index is 0.0415. The van der Waals surface area contributed by atoms with Gasteiger partial charge in [0.1, 0.15) is 17.1 Å². The molecule has 3 N–H and O–H groups in total. The Balaban J connectivity index is 1.74. The Hall–Kier alpha value is -2.82. The third-order valence-corrected chi connectivity index (χ3v) is 6.24. The Morgan fingerprint density at radius 1 is 0.765 bits per heavy atom. The molecule has 186 valence electrons. The second-order valence-corrected chi connectivity index (χ2v) is 9.05. The minimum atomic E-state index is -0.723. The van der Waals surface area contributed by atoms with E-state index < -0.39 is 11.9 Å². The summed E-state index contributed by atoms with van der Waals surface area (Å²) in [5, 5.41) is 9.89. The molecule has 0 fully saturated rings. The summed E-state index contributed by atoms with van der Waals surface area (Å²) in [5.41, 5.74) is 6.70. The van der Waals surface area contributed by atoms with Crippen molar-refractivity contribution in [3.8, 4) is 11.5 Å². The highest BCUT2D eigenvalue weighted by molar-refractivity contribution is 6.00. The maximum Gasteiger partial charge on any atom is 0.347 e. The number of aromatic hydroxyl groups is 1. The van der Waals surface area contributed by atoms with Gasteiger partial charge in [0.25, 0.3) is 5.91 Å². The van der Waals surface area contributed by atoms with Gasteiger partial charge in [-0.2, -0.15) is 0 Å². The molecule has 5 heteroatoms. The van der Waals surface area contributed by atoms with E-state index in [1.54, 1.807) is 24.3 Å². The molecule has 0 saturated carbocycles. The quantitative estimate of drug-likeness (QED) is 0.145. The number of amides is 1. The van der Waals surface area contributed by atoms with E-state index in [2.05, 4.69) is 6.92 Å². The van der Waals surface area contributed by atoms with Crippen molar-refractivity contribution >= 4 is 11.9 Å². The number of phenols is 1. The molecule has 0 spiro atoms. The minimum Gasteiger partial charge on any atom is -0.507 e. The van der Waals surface area contributed by atoms with Crippen molar-refractivity contribution in [2.24, 2.45) is 5.73 Å². The van der Waals surface area contributed by atoms with Gasteiger partial charge in [0, 0.05) is 0 Å². The Labute approximate surface area is 204 Å². The number of aryl methyl sites for hydroxylation is 1. The van der Waals surface area contributed by atoms with Crippen LogP contribution in [0.25, 0.3) is 0 Å². The second kappa shape index (κ2) is 15.9. The zero-order valence-electron chi connectivity index (χ0n) is 20.7. The highest BCUT2D eigenvalue weighted by atomic mass is 16.5. The molecule has 0 radical (unpaired) electrons. The summed E-state index contributed by atoms with van der Waals surface area (Å²) in [6.45, 7) is 2.25. The van der Waals surface area contributed by atoms with E-state index in [1.165, 1.54) is 82.8 Å². The second-order valence-electron chi connectivity index (χ2n) is 9.05. The number of hydrogen-bond acceptors (Lipinski definition) is 4. The number of carbonyl (C=O) groups excluding carboxylic acids is 2. The normalized spacial score (nSPS) is 10.9. The van der Waals surface area contributed by atoms with Crippen LogP contribution in [0.4, 0.5) is 0 Å². The molecular weight excluding hydrogens is 426 g/mol.